The smallest absolute Gasteiger partial charge is 0.373 e. The highest BCUT2D eigenvalue weighted by molar-refractivity contribution is 14.1. The van der Waals surface area contributed by atoms with Crippen molar-refractivity contribution < 1.29 is 23.2 Å². The van der Waals surface area contributed by atoms with Gasteiger partial charge in [0.05, 0.1) is 13.0 Å². The van der Waals surface area contributed by atoms with E-state index < -0.39 is 35.1 Å². The van der Waals surface area contributed by atoms with Gasteiger partial charge in [-0.05, 0) is 22.4 Å². The molecule has 1 rings (SSSR count). The van der Waals surface area contributed by atoms with Gasteiger partial charge in [0, 0.05) is 28.7 Å². The van der Waals surface area contributed by atoms with Gasteiger partial charge in [-0.3, -0.25) is 4.79 Å². The number of carbonyl (C=O) groups excluding carboxylic acids is 1. The van der Waals surface area contributed by atoms with Crippen molar-refractivity contribution in [2.75, 3.05) is 6.61 Å². The summed E-state index contributed by atoms with van der Waals surface area (Å²) in [5, 5.41) is 10.7. The summed E-state index contributed by atoms with van der Waals surface area (Å²) < 4.78 is 30.6. The van der Waals surface area contributed by atoms with Crippen LogP contribution in [0.2, 0.25) is 0 Å². The molecule has 0 saturated carbocycles. The van der Waals surface area contributed by atoms with E-state index >= 15 is 0 Å². The monoisotopic (exact) mass is 386 g/mol. The van der Waals surface area contributed by atoms with Crippen molar-refractivity contribution in [2.45, 2.75) is 19.8 Å². The summed E-state index contributed by atoms with van der Waals surface area (Å²) in [6.07, 6.45) is -3.54. The third kappa shape index (κ3) is 4.04. The summed E-state index contributed by atoms with van der Waals surface area (Å²) in [6.45, 7) is 1.68. The molecule has 0 unspecified atom stereocenters. The van der Waals surface area contributed by atoms with Crippen LogP contribution in [0, 0.1) is 13.8 Å². The average Bonchev–Trinajstić information content (AvgIpc) is 2.27. The van der Waals surface area contributed by atoms with Gasteiger partial charge in [0.1, 0.15) is 5.56 Å². The number of pyridine rings is 1. The fourth-order valence-corrected chi connectivity index (χ4v) is 2.05. The first-order chi connectivity index (χ1) is 8.86. The molecule has 0 radical (unpaired) electrons. The molecule has 0 fully saturated rings. The zero-order valence-electron chi connectivity index (χ0n) is 9.73. The SMILES string of the molecule is CCOC(=O)Cc1cc(I)nc([N+](=O)[O-])c1C(F)F. The van der Waals surface area contributed by atoms with E-state index in [1.165, 1.54) is 6.07 Å². The van der Waals surface area contributed by atoms with Crippen LogP contribution in [0.4, 0.5) is 14.6 Å². The molecule has 0 atom stereocenters. The summed E-state index contributed by atoms with van der Waals surface area (Å²) in [4.78, 5) is 24.5. The quantitative estimate of drug-likeness (QED) is 0.256. The Morgan fingerprint density at radius 3 is 2.74 bits per heavy atom. The van der Waals surface area contributed by atoms with E-state index in [9.17, 15) is 23.7 Å². The van der Waals surface area contributed by atoms with Gasteiger partial charge >= 0.3 is 11.8 Å². The van der Waals surface area contributed by atoms with Gasteiger partial charge in [0.25, 0.3) is 6.43 Å². The molecular formula is C10H9F2IN2O4. The van der Waals surface area contributed by atoms with E-state index in [-0.39, 0.29) is 15.9 Å². The lowest BCUT2D eigenvalue weighted by molar-refractivity contribution is -0.391. The van der Waals surface area contributed by atoms with Crippen molar-refractivity contribution in [2.24, 2.45) is 0 Å². The molecule has 1 aromatic rings. The predicted octanol–water partition coefficient (Wildman–Crippen LogP) is 2.64. The van der Waals surface area contributed by atoms with Crippen molar-refractivity contribution in [3.63, 3.8) is 0 Å². The van der Waals surface area contributed by atoms with Gasteiger partial charge in [0.2, 0.25) is 3.70 Å². The fraction of sp³-hybridized carbons (Fsp3) is 0.400. The molecule has 0 spiro atoms. The molecule has 19 heavy (non-hydrogen) atoms. The molecule has 0 aliphatic heterocycles. The highest BCUT2D eigenvalue weighted by Crippen LogP contribution is 2.32. The van der Waals surface area contributed by atoms with Crippen LogP contribution in [0.25, 0.3) is 0 Å². The fourth-order valence-electron chi connectivity index (χ4n) is 1.45. The third-order valence-electron chi connectivity index (χ3n) is 2.12. The summed E-state index contributed by atoms with van der Waals surface area (Å²) in [5.41, 5.74) is -0.974. The van der Waals surface area contributed by atoms with Crippen LogP contribution >= 0.6 is 22.6 Å². The van der Waals surface area contributed by atoms with Crippen molar-refractivity contribution in [3.8, 4) is 0 Å². The second-order valence-electron chi connectivity index (χ2n) is 3.38. The normalized spacial score (nSPS) is 10.6. The highest BCUT2D eigenvalue weighted by atomic mass is 127. The first kappa shape index (κ1) is 15.7. The Morgan fingerprint density at radius 1 is 1.63 bits per heavy atom. The number of aromatic nitrogens is 1. The van der Waals surface area contributed by atoms with Gasteiger partial charge < -0.3 is 14.9 Å². The molecule has 0 aromatic carbocycles. The Kier molecular flexibility index (Phi) is 5.51. The van der Waals surface area contributed by atoms with E-state index in [1.54, 1.807) is 29.5 Å². The number of hydrogen-bond donors (Lipinski definition) is 0. The molecule has 0 amide bonds. The van der Waals surface area contributed by atoms with Crippen LogP contribution in [0.15, 0.2) is 6.07 Å². The first-order valence-corrected chi connectivity index (χ1v) is 6.22. The van der Waals surface area contributed by atoms with Crippen molar-refractivity contribution in [1.82, 2.24) is 4.98 Å². The summed E-state index contributed by atoms with van der Waals surface area (Å²) in [7, 11) is 0. The second kappa shape index (κ2) is 6.68. The summed E-state index contributed by atoms with van der Waals surface area (Å²) in [5.74, 6) is -1.65. The molecule has 0 aliphatic rings. The Balaban J connectivity index is 3.28. The van der Waals surface area contributed by atoms with Crippen molar-refractivity contribution in [1.29, 1.82) is 0 Å². The van der Waals surface area contributed by atoms with E-state index in [0.29, 0.717) is 0 Å². The molecule has 1 aromatic heterocycles. The minimum Gasteiger partial charge on any atom is -0.466 e. The van der Waals surface area contributed by atoms with Gasteiger partial charge in [-0.25, -0.2) is 8.78 Å². The van der Waals surface area contributed by atoms with Crippen LogP contribution in [0.3, 0.4) is 0 Å². The number of halogens is 3. The van der Waals surface area contributed by atoms with Gasteiger partial charge in [-0.1, -0.05) is 0 Å². The summed E-state index contributed by atoms with van der Waals surface area (Å²) >= 11 is 1.66. The highest BCUT2D eigenvalue weighted by Gasteiger charge is 2.29. The first-order valence-electron chi connectivity index (χ1n) is 5.14. The lowest BCUT2D eigenvalue weighted by Gasteiger charge is -2.08. The standard InChI is InChI=1S/C10H9F2IN2O4/c1-2-19-7(16)4-5-3-6(13)14-10(15(17)18)8(5)9(11)12/h3,9H,2,4H2,1H3. The average molecular weight is 386 g/mol. The van der Waals surface area contributed by atoms with E-state index in [4.69, 9.17) is 0 Å². The van der Waals surface area contributed by atoms with Gasteiger partial charge in [0.15, 0.2) is 0 Å². The molecule has 0 N–H and O–H groups in total. The zero-order chi connectivity index (χ0) is 14.6. The Bertz CT molecular complexity index is 511. The maximum absolute atomic E-state index is 12.9. The third-order valence-corrected chi connectivity index (χ3v) is 2.68. The van der Waals surface area contributed by atoms with E-state index in [1.807, 2.05) is 0 Å². The van der Waals surface area contributed by atoms with Crippen LogP contribution in [0.5, 0.6) is 0 Å². The van der Waals surface area contributed by atoms with Crippen LogP contribution < -0.4 is 0 Å². The van der Waals surface area contributed by atoms with E-state index in [2.05, 4.69) is 9.72 Å². The van der Waals surface area contributed by atoms with Gasteiger partial charge in [-0.15, -0.1) is 0 Å². The Labute approximate surface area is 120 Å². The van der Waals surface area contributed by atoms with Crippen molar-refractivity contribution in [3.05, 3.63) is 31.0 Å². The van der Waals surface area contributed by atoms with Crippen LogP contribution in [-0.4, -0.2) is 22.5 Å². The Morgan fingerprint density at radius 2 is 2.26 bits per heavy atom. The number of nitro groups is 1. The number of esters is 1. The molecule has 0 bridgehead atoms. The lowest BCUT2D eigenvalue weighted by atomic mass is 10.1. The number of nitrogens with zero attached hydrogens (tertiary/aromatic N) is 2. The van der Waals surface area contributed by atoms with Crippen LogP contribution in [-0.2, 0) is 16.0 Å². The largest absolute Gasteiger partial charge is 0.466 e. The molecular weight excluding hydrogens is 377 g/mol. The zero-order valence-corrected chi connectivity index (χ0v) is 11.9. The lowest BCUT2D eigenvalue weighted by Crippen LogP contribution is -2.12. The molecule has 0 saturated heterocycles. The Hall–Kier alpha value is -1.39. The van der Waals surface area contributed by atoms with E-state index in [0.717, 1.165) is 0 Å². The molecule has 1 heterocycles. The summed E-state index contributed by atoms with van der Waals surface area (Å²) in [6, 6.07) is 1.21. The molecule has 6 nitrogen and oxygen atoms in total. The molecule has 0 aliphatic carbocycles. The topological polar surface area (TPSA) is 82.3 Å². The second-order valence-corrected chi connectivity index (χ2v) is 4.49. The molecule has 9 heteroatoms. The van der Waals surface area contributed by atoms with Crippen LogP contribution in [0.1, 0.15) is 24.5 Å². The number of hydrogen-bond acceptors (Lipinski definition) is 5. The maximum atomic E-state index is 12.9. The van der Waals surface area contributed by atoms with Gasteiger partial charge in [-0.2, -0.15) is 0 Å². The number of ether oxygens (including phenoxy) is 1. The van der Waals surface area contributed by atoms with Crippen molar-refractivity contribution >= 4 is 34.4 Å². The number of rotatable bonds is 5. The number of carbonyl (C=O) groups is 1. The predicted molar refractivity (Wildman–Crippen MR) is 68.9 cm³/mol. The molecule has 104 valence electrons. The minimum absolute atomic E-state index is 0.104. The minimum atomic E-state index is -3.09. The number of alkyl halides is 2. The maximum Gasteiger partial charge on any atom is 0.373 e.